The molecule has 0 fully saturated rings. The number of hydrogen-bond acceptors (Lipinski definition) is 1. The molecule has 1 atom stereocenters. The van der Waals surface area contributed by atoms with Crippen LogP contribution in [-0.2, 0) is 0 Å². The molecule has 0 aliphatic heterocycles. The molecule has 0 aromatic heterocycles. The maximum atomic E-state index is 10.2. The summed E-state index contributed by atoms with van der Waals surface area (Å²) in [6.45, 7) is 0. The SMILES string of the molecule is OC(c1ccccc1)c1ccccc1I. The molecule has 15 heavy (non-hydrogen) atoms. The number of aliphatic hydroxyl groups excluding tert-OH is 1. The molecule has 0 bridgehead atoms. The molecule has 0 saturated carbocycles. The quantitative estimate of drug-likeness (QED) is 0.843. The Balaban J connectivity index is 2.37. The van der Waals surface area contributed by atoms with Crippen molar-refractivity contribution in [1.82, 2.24) is 0 Å². The first-order chi connectivity index (χ1) is 7.29. The van der Waals surface area contributed by atoms with Crippen molar-refractivity contribution >= 4 is 22.6 Å². The van der Waals surface area contributed by atoms with Gasteiger partial charge in [0.25, 0.3) is 0 Å². The van der Waals surface area contributed by atoms with Crippen LogP contribution in [0.25, 0.3) is 0 Å². The van der Waals surface area contributed by atoms with Crippen molar-refractivity contribution in [2.75, 3.05) is 0 Å². The lowest BCUT2D eigenvalue weighted by atomic mass is 10.0. The van der Waals surface area contributed by atoms with E-state index in [0.29, 0.717) is 0 Å². The minimum absolute atomic E-state index is 0.528. The maximum Gasteiger partial charge on any atom is 0.105 e. The van der Waals surface area contributed by atoms with Gasteiger partial charge in [0.15, 0.2) is 0 Å². The minimum atomic E-state index is -0.528. The second kappa shape index (κ2) is 4.77. The molecule has 1 unspecified atom stereocenters. The Morgan fingerprint density at radius 2 is 1.47 bits per heavy atom. The molecule has 1 N–H and O–H groups in total. The molecule has 1 nitrogen and oxygen atoms in total. The van der Waals surface area contributed by atoms with Crippen molar-refractivity contribution < 1.29 is 5.11 Å². The van der Waals surface area contributed by atoms with Gasteiger partial charge in [-0.3, -0.25) is 0 Å². The van der Waals surface area contributed by atoms with Gasteiger partial charge in [-0.2, -0.15) is 0 Å². The lowest BCUT2D eigenvalue weighted by Gasteiger charge is -2.12. The molecular weight excluding hydrogens is 299 g/mol. The molecule has 0 heterocycles. The summed E-state index contributed by atoms with van der Waals surface area (Å²) in [6, 6.07) is 17.6. The van der Waals surface area contributed by atoms with Crippen molar-refractivity contribution in [3.8, 4) is 0 Å². The molecule has 0 aliphatic rings. The van der Waals surface area contributed by atoms with E-state index in [2.05, 4.69) is 22.6 Å². The third-order valence-electron chi connectivity index (χ3n) is 2.32. The number of halogens is 1. The number of rotatable bonds is 2. The van der Waals surface area contributed by atoms with Crippen LogP contribution in [0, 0.1) is 3.57 Å². The second-order valence-electron chi connectivity index (χ2n) is 3.33. The van der Waals surface area contributed by atoms with E-state index in [0.717, 1.165) is 14.7 Å². The van der Waals surface area contributed by atoms with Crippen LogP contribution in [0.3, 0.4) is 0 Å². The summed E-state index contributed by atoms with van der Waals surface area (Å²) in [5.74, 6) is 0. The maximum absolute atomic E-state index is 10.2. The Kier molecular flexibility index (Phi) is 3.38. The van der Waals surface area contributed by atoms with Gasteiger partial charge in [0.2, 0.25) is 0 Å². The first-order valence-electron chi connectivity index (χ1n) is 4.76. The molecular formula is C13H11IO. The van der Waals surface area contributed by atoms with Gasteiger partial charge in [-0.1, -0.05) is 48.5 Å². The van der Waals surface area contributed by atoms with Crippen molar-refractivity contribution in [1.29, 1.82) is 0 Å². The van der Waals surface area contributed by atoms with Gasteiger partial charge in [0.05, 0.1) is 0 Å². The second-order valence-corrected chi connectivity index (χ2v) is 4.50. The van der Waals surface area contributed by atoms with Gasteiger partial charge in [0.1, 0.15) is 6.10 Å². The molecule has 2 aromatic carbocycles. The lowest BCUT2D eigenvalue weighted by Crippen LogP contribution is -2.01. The van der Waals surface area contributed by atoms with E-state index in [1.54, 1.807) is 0 Å². The lowest BCUT2D eigenvalue weighted by molar-refractivity contribution is 0.219. The first-order valence-corrected chi connectivity index (χ1v) is 5.84. The van der Waals surface area contributed by atoms with Crippen LogP contribution in [0.2, 0.25) is 0 Å². The Morgan fingerprint density at radius 1 is 0.867 bits per heavy atom. The Hall–Kier alpha value is -0.870. The van der Waals surface area contributed by atoms with Crippen molar-refractivity contribution in [2.45, 2.75) is 6.10 Å². The summed E-state index contributed by atoms with van der Waals surface area (Å²) in [5, 5.41) is 10.2. The van der Waals surface area contributed by atoms with Gasteiger partial charge in [-0.15, -0.1) is 0 Å². The van der Waals surface area contributed by atoms with Crippen LogP contribution in [-0.4, -0.2) is 5.11 Å². The highest BCUT2D eigenvalue weighted by Crippen LogP contribution is 2.25. The van der Waals surface area contributed by atoms with Crippen LogP contribution in [0.1, 0.15) is 17.2 Å². The van der Waals surface area contributed by atoms with Crippen molar-refractivity contribution in [2.24, 2.45) is 0 Å². The summed E-state index contributed by atoms with van der Waals surface area (Å²) in [6.07, 6.45) is -0.528. The smallest absolute Gasteiger partial charge is 0.105 e. The molecule has 0 aliphatic carbocycles. The normalized spacial score (nSPS) is 12.4. The van der Waals surface area contributed by atoms with Gasteiger partial charge in [0, 0.05) is 3.57 Å². The molecule has 0 spiro atoms. The van der Waals surface area contributed by atoms with E-state index < -0.39 is 6.10 Å². The van der Waals surface area contributed by atoms with Crippen molar-refractivity contribution in [3.05, 3.63) is 69.3 Å². The van der Waals surface area contributed by atoms with E-state index in [9.17, 15) is 5.11 Å². The highest BCUT2D eigenvalue weighted by atomic mass is 127. The number of hydrogen-bond donors (Lipinski definition) is 1. The highest BCUT2D eigenvalue weighted by molar-refractivity contribution is 14.1. The van der Waals surface area contributed by atoms with Crippen LogP contribution >= 0.6 is 22.6 Å². The molecule has 0 amide bonds. The summed E-state index contributed by atoms with van der Waals surface area (Å²) < 4.78 is 1.09. The predicted molar refractivity (Wildman–Crippen MR) is 69.7 cm³/mol. The van der Waals surface area contributed by atoms with Crippen LogP contribution < -0.4 is 0 Å². The van der Waals surface area contributed by atoms with Crippen LogP contribution in [0.5, 0.6) is 0 Å². The van der Waals surface area contributed by atoms with Crippen LogP contribution in [0.4, 0.5) is 0 Å². The first kappa shape index (κ1) is 10.6. The summed E-state index contributed by atoms with van der Waals surface area (Å²) >= 11 is 2.24. The van der Waals surface area contributed by atoms with E-state index >= 15 is 0 Å². The summed E-state index contributed by atoms with van der Waals surface area (Å²) in [4.78, 5) is 0. The molecule has 2 rings (SSSR count). The predicted octanol–water partition coefficient (Wildman–Crippen LogP) is 3.37. The molecule has 2 heteroatoms. The highest BCUT2D eigenvalue weighted by Gasteiger charge is 2.11. The third-order valence-corrected chi connectivity index (χ3v) is 3.30. The molecule has 0 radical (unpaired) electrons. The molecule has 0 saturated heterocycles. The van der Waals surface area contributed by atoms with Crippen molar-refractivity contribution in [3.63, 3.8) is 0 Å². The van der Waals surface area contributed by atoms with Gasteiger partial charge < -0.3 is 5.11 Å². The minimum Gasteiger partial charge on any atom is -0.384 e. The molecule has 76 valence electrons. The average molecular weight is 310 g/mol. The zero-order valence-electron chi connectivity index (χ0n) is 8.10. The fraction of sp³-hybridized carbons (Fsp3) is 0.0769. The summed E-state index contributed by atoms with van der Waals surface area (Å²) in [5.41, 5.74) is 1.89. The number of benzene rings is 2. The van der Waals surface area contributed by atoms with Gasteiger partial charge >= 0.3 is 0 Å². The molecule has 2 aromatic rings. The van der Waals surface area contributed by atoms with E-state index in [-0.39, 0.29) is 0 Å². The zero-order valence-corrected chi connectivity index (χ0v) is 10.3. The Labute approximate surface area is 103 Å². The third kappa shape index (κ3) is 2.38. The van der Waals surface area contributed by atoms with E-state index in [4.69, 9.17) is 0 Å². The van der Waals surface area contributed by atoms with Gasteiger partial charge in [-0.25, -0.2) is 0 Å². The van der Waals surface area contributed by atoms with E-state index in [1.165, 1.54) is 0 Å². The van der Waals surface area contributed by atoms with E-state index in [1.807, 2.05) is 54.6 Å². The fourth-order valence-electron chi connectivity index (χ4n) is 1.51. The standard InChI is InChI=1S/C13H11IO/c14-12-9-5-4-8-11(12)13(15)10-6-2-1-3-7-10/h1-9,13,15H. The fourth-order valence-corrected chi connectivity index (χ4v) is 2.19. The van der Waals surface area contributed by atoms with Gasteiger partial charge in [-0.05, 0) is 39.8 Å². The average Bonchev–Trinajstić information content (AvgIpc) is 2.30. The Bertz CT molecular complexity index is 439. The summed E-state index contributed by atoms with van der Waals surface area (Å²) in [7, 11) is 0. The Morgan fingerprint density at radius 3 is 2.13 bits per heavy atom. The van der Waals surface area contributed by atoms with Crippen LogP contribution in [0.15, 0.2) is 54.6 Å². The zero-order chi connectivity index (χ0) is 10.7. The largest absolute Gasteiger partial charge is 0.384 e. The monoisotopic (exact) mass is 310 g/mol. The topological polar surface area (TPSA) is 20.2 Å². The number of aliphatic hydroxyl groups is 1.